The van der Waals surface area contributed by atoms with E-state index in [1.807, 2.05) is 32.0 Å². The van der Waals surface area contributed by atoms with Gasteiger partial charge in [-0.15, -0.1) is 0 Å². The maximum atomic E-state index is 8.98. The van der Waals surface area contributed by atoms with E-state index in [4.69, 9.17) is 9.84 Å². The van der Waals surface area contributed by atoms with E-state index < -0.39 is 0 Å². The number of hydrogen-bond donors (Lipinski definition) is 1. The molecule has 0 bridgehead atoms. The van der Waals surface area contributed by atoms with Gasteiger partial charge in [-0.1, -0.05) is 6.07 Å². The van der Waals surface area contributed by atoms with Crippen molar-refractivity contribution < 1.29 is 9.84 Å². The summed E-state index contributed by atoms with van der Waals surface area (Å²) in [5.41, 5.74) is 1.00. The molecule has 0 spiro atoms. The molecular weight excluding hydrogens is 256 g/mol. The Bertz CT molecular complexity index is 323. The van der Waals surface area contributed by atoms with Crippen molar-refractivity contribution in [3.8, 4) is 5.75 Å². The van der Waals surface area contributed by atoms with Crippen molar-refractivity contribution >= 4 is 15.9 Å². The first-order valence-electron chi connectivity index (χ1n) is 4.94. The Hall–Kier alpha value is -0.540. The van der Waals surface area contributed by atoms with Crippen molar-refractivity contribution in [3.05, 3.63) is 35.2 Å². The van der Waals surface area contributed by atoms with Crippen LogP contribution in [0.15, 0.2) is 22.7 Å². The molecule has 0 aliphatic carbocycles. The molecule has 2 nitrogen and oxygen atoms in total. The first-order valence-corrected chi connectivity index (χ1v) is 5.74. The molecule has 1 rings (SSSR count). The lowest BCUT2D eigenvalue weighted by Crippen LogP contribution is -2.06. The third kappa shape index (κ3) is 3.50. The molecule has 1 atom stereocenters. The summed E-state index contributed by atoms with van der Waals surface area (Å²) in [4.78, 5) is 0. The molecule has 15 heavy (non-hydrogen) atoms. The Labute approximate surface area is 99.4 Å². The monoisotopic (exact) mass is 271 g/mol. The van der Waals surface area contributed by atoms with Crippen LogP contribution in [0.2, 0.25) is 0 Å². The lowest BCUT2D eigenvalue weighted by Gasteiger charge is -2.14. The van der Waals surface area contributed by atoms with Gasteiger partial charge < -0.3 is 9.84 Å². The molecule has 0 heterocycles. The van der Waals surface area contributed by atoms with Gasteiger partial charge in [-0.05, 0) is 54.4 Å². The number of hydrogen-bond acceptors (Lipinski definition) is 2. The fraction of sp³-hybridized carbons (Fsp3) is 0.417. The zero-order valence-electron chi connectivity index (χ0n) is 9.03. The molecule has 0 aromatic heterocycles. The van der Waals surface area contributed by atoms with Gasteiger partial charge in [-0.3, -0.25) is 0 Å². The highest BCUT2D eigenvalue weighted by Crippen LogP contribution is 2.29. The summed E-state index contributed by atoms with van der Waals surface area (Å²) in [7, 11) is 0. The Morgan fingerprint density at radius 1 is 1.47 bits per heavy atom. The van der Waals surface area contributed by atoms with Crippen molar-refractivity contribution in [1.29, 1.82) is 0 Å². The summed E-state index contributed by atoms with van der Waals surface area (Å²) < 4.78 is 6.48. The number of ether oxygens (including phenoxy) is 1. The highest BCUT2D eigenvalue weighted by atomic mass is 79.9. The number of rotatable bonds is 4. The summed E-state index contributed by atoms with van der Waals surface area (Å²) in [6, 6.07) is 5.76. The highest BCUT2D eigenvalue weighted by Gasteiger charge is 2.08. The lowest BCUT2D eigenvalue weighted by molar-refractivity contribution is 0.240. The fourth-order valence-corrected chi connectivity index (χ4v) is 1.72. The largest absolute Gasteiger partial charge is 0.490 e. The van der Waals surface area contributed by atoms with Gasteiger partial charge in [0.15, 0.2) is 0 Å². The van der Waals surface area contributed by atoms with Crippen molar-refractivity contribution in [2.75, 3.05) is 6.61 Å². The normalized spacial score (nSPS) is 12.9. The van der Waals surface area contributed by atoms with E-state index in [1.165, 1.54) is 0 Å². The molecule has 0 saturated heterocycles. The number of aliphatic hydroxyl groups excluding tert-OH is 1. The molecular formula is C12H16BrO2. The van der Waals surface area contributed by atoms with Crippen LogP contribution in [0.5, 0.6) is 5.75 Å². The van der Waals surface area contributed by atoms with Gasteiger partial charge in [0.25, 0.3) is 0 Å². The second-order valence-electron chi connectivity index (χ2n) is 3.74. The smallest absolute Gasteiger partial charge is 0.133 e. The topological polar surface area (TPSA) is 29.5 Å². The van der Waals surface area contributed by atoms with Gasteiger partial charge in [-0.25, -0.2) is 0 Å². The molecule has 0 amide bonds. The van der Waals surface area contributed by atoms with Crippen LogP contribution in [0, 0.1) is 6.92 Å². The summed E-state index contributed by atoms with van der Waals surface area (Å²) >= 11 is 3.44. The van der Waals surface area contributed by atoms with Gasteiger partial charge in [0.05, 0.1) is 10.6 Å². The molecule has 1 unspecified atom stereocenters. The Balaban J connectivity index is 2.88. The van der Waals surface area contributed by atoms with Crippen LogP contribution < -0.4 is 4.74 Å². The standard InChI is InChI=1S/C12H16BrO2/c1-8(2)15-12-5-4-10(6-11(12)13)9(3)7-14/h4-6,8-9,14H,3,7H2,1-2H3. The molecule has 0 aliphatic heterocycles. The fourth-order valence-electron chi connectivity index (χ4n) is 1.23. The predicted octanol–water partition coefficient (Wildman–Crippen LogP) is 3.15. The minimum atomic E-state index is -0.0885. The molecule has 0 saturated carbocycles. The minimum Gasteiger partial charge on any atom is -0.490 e. The van der Waals surface area contributed by atoms with Gasteiger partial charge in [0.1, 0.15) is 5.75 Å². The Kier molecular flexibility index (Phi) is 4.61. The van der Waals surface area contributed by atoms with Crippen LogP contribution >= 0.6 is 15.9 Å². The van der Waals surface area contributed by atoms with Crippen LogP contribution in [0.1, 0.15) is 25.3 Å². The van der Waals surface area contributed by atoms with Crippen LogP contribution in [0.25, 0.3) is 0 Å². The van der Waals surface area contributed by atoms with Gasteiger partial charge in [-0.2, -0.15) is 0 Å². The average Bonchev–Trinajstić information content (AvgIpc) is 2.19. The van der Waals surface area contributed by atoms with Crippen molar-refractivity contribution in [3.63, 3.8) is 0 Å². The third-order valence-corrected chi connectivity index (χ3v) is 2.63. The molecule has 0 aliphatic rings. The van der Waals surface area contributed by atoms with E-state index in [0.717, 1.165) is 15.8 Å². The molecule has 1 aromatic rings. The quantitative estimate of drug-likeness (QED) is 0.912. The Morgan fingerprint density at radius 3 is 2.60 bits per heavy atom. The van der Waals surface area contributed by atoms with Crippen LogP contribution in [0.3, 0.4) is 0 Å². The minimum absolute atomic E-state index is 0.0524. The molecule has 1 aromatic carbocycles. The van der Waals surface area contributed by atoms with Gasteiger partial charge >= 0.3 is 0 Å². The van der Waals surface area contributed by atoms with Crippen molar-refractivity contribution in [2.24, 2.45) is 0 Å². The molecule has 1 radical (unpaired) electrons. The van der Waals surface area contributed by atoms with E-state index >= 15 is 0 Å². The van der Waals surface area contributed by atoms with Gasteiger partial charge in [0, 0.05) is 12.5 Å². The predicted molar refractivity (Wildman–Crippen MR) is 65.1 cm³/mol. The second kappa shape index (κ2) is 5.52. The maximum Gasteiger partial charge on any atom is 0.133 e. The zero-order chi connectivity index (χ0) is 11.4. The summed E-state index contributed by atoms with van der Waals surface area (Å²) in [6.45, 7) is 7.87. The van der Waals surface area contributed by atoms with E-state index in [1.54, 1.807) is 0 Å². The van der Waals surface area contributed by atoms with Crippen LogP contribution in [-0.2, 0) is 0 Å². The molecule has 0 fully saturated rings. The first-order chi connectivity index (χ1) is 7.04. The van der Waals surface area contributed by atoms with E-state index in [-0.39, 0.29) is 18.6 Å². The molecule has 1 N–H and O–H groups in total. The van der Waals surface area contributed by atoms with Crippen LogP contribution in [-0.4, -0.2) is 17.8 Å². The molecule has 83 valence electrons. The van der Waals surface area contributed by atoms with E-state index in [2.05, 4.69) is 22.9 Å². The maximum absolute atomic E-state index is 8.98. The summed E-state index contributed by atoms with van der Waals surface area (Å²) in [6.07, 6.45) is 0.153. The summed E-state index contributed by atoms with van der Waals surface area (Å²) in [5, 5.41) is 8.98. The average molecular weight is 272 g/mol. The number of halogens is 1. The van der Waals surface area contributed by atoms with Crippen molar-refractivity contribution in [1.82, 2.24) is 0 Å². The van der Waals surface area contributed by atoms with Crippen LogP contribution in [0.4, 0.5) is 0 Å². The van der Waals surface area contributed by atoms with E-state index in [9.17, 15) is 0 Å². The van der Waals surface area contributed by atoms with Gasteiger partial charge in [0.2, 0.25) is 0 Å². The number of aliphatic hydroxyl groups is 1. The van der Waals surface area contributed by atoms with E-state index in [0.29, 0.717) is 0 Å². The zero-order valence-corrected chi connectivity index (χ0v) is 10.6. The third-order valence-electron chi connectivity index (χ3n) is 2.01. The number of benzene rings is 1. The van der Waals surface area contributed by atoms with Crippen molar-refractivity contribution in [2.45, 2.75) is 25.9 Å². The lowest BCUT2D eigenvalue weighted by atomic mass is 10.0. The SMILES string of the molecule is [CH2]C(CO)c1ccc(OC(C)C)c(Br)c1. The first kappa shape index (κ1) is 12.5. The molecule has 3 heteroatoms. The summed E-state index contributed by atoms with van der Waals surface area (Å²) in [5.74, 6) is 0.730. The highest BCUT2D eigenvalue weighted by molar-refractivity contribution is 9.10. The Morgan fingerprint density at radius 2 is 2.13 bits per heavy atom. The second-order valence-corrected chi connectivity index (χ2v) is 4.59.